The number of carbonyl (C=O) groups excluding carboxylic acids is 1. The van der Waals surface area contributed by atoms with Gasteiger partial charge in [-0.1, -0.05) is 6.07 Å². The highest BCUT2D eigenvalue weighted by atomic mass is 16.5. The van der Waals surface area contributed by atoms with Gasteiger partial charge in [0.05, 0.1) is 0 Å². The predicted octanol–water partition coefficient (Wildman–Crippen LogP) is 1.80. The lowest BCUT2D eigenvalue weighted by molar-refractivity contribution is -0.139. The maximum Gasteiger partial charge on any atom is 0.341 e. The topological polar surface area (TPSA) is 88.5 Å². The van der Waals surface area contributed by atoms with Crippen LogP contribution in [0.2, 0.25) is 0 Å². The van der Waals surface area contributed by atoms with Crippen LogP contribution in [0, 0.1) is 0 Å². The molecule has 1 heterocycles. The molecule has 2 N–H and O–H groups in total. The molecule has 102 valence electrons. The Morgan fingerprint density at radius 2 is 1.90 bits per heavy atom. The van der Waals surface area contributed by atoms with Crippen LogP contribution >= 0.6 is 0 Å². The Hall–Kier alpha value is -2.89. The third-order valence-electron chi connectivity index (χ3n) is 2.37. The number of ether oxygens (including phenoxy) is 1. The van der Waals surface area contributed by atoms with Crippen LogP contribution in [-0.2, 0) is 4.79 Å². The number of aliphatic carboxylic acids is 1. The molecule has 0 saturated carbocycles. The van der Waals surface area contributed by atoms with Crippen molar-refractivity contribution >= 4 is 17.6 Å². The number of hydrogen-bond donors (Lipinski definition) is 2. The van der Waals surface area contributed by atoms with Gasteiger partial charge >= 0.3 is 5.97 Å². The molecule has 0 saturated heterocycles. The van der Waals surface area contributed by atoms with E-state index in [0.29, 0.717) is 17.1 Å². The van der Waals surface area contributed by atoms with Crippen molar-refractivity contribution in [1.82, 2.24) is 4.98 Å². The van der Waals surface area contributed by atoms with E-state index in [9.17, 15) is 9.59 Å². The van der Waals surface area contributed by atoms with E-state index in [0.717, 1.165) is 0 Å². The molecule has 0 aliphatic heterocycles. The minimum atomic E-state index is -1.04. The first-order chi connectivity index (χ1) is 9.65. The lowest BCUT2D eigenvalue weighted by atomic mass is 10.3. The maximum absolute atomic E-state index is 11.8. The molecule has 1 amide bonds. The van der Waals surface area contributed by atoms with E-state index in [4.69, 9.17) is 9.84 Å². The van der Waals surface area contributed by atoms with E-state index in [1.807, 2.05) is 0 Å². The summed E-state index contributed by atoms with van der Waals surface area (Å²) < 4.78 is 4.99. The van der Waals surface area contributed by atoms with E-state index >= 15 is 0 Å². The van der Waals surface area contributed by atoms with Gasteiger partial charge in [-0.2, -0.15) is 0 Å². The summed E-state index contributed by atoms with van der Waals surface area (Å²) in [5.41, 5.74) is 0.891. The van der Waals surface area contributed by atoms with Crippen molar-refractivity contribution in [3.63, 3.8) is 0 Å². The number of carboxylic acids is 1. The molecule has 0 fully saturated rings. The van der Waals surface area contributed by atoms with Crippen LogP contribution in [0.3, 0.4) is 0 Å². The number of aromatic nitrogens is 1. The fourth-order valence-corrected chi connectivity index (χ4v) is 1.47. The Kier molecular flexibility index (Phi) is 4.28. The van der Waals surface area contributed by atoms with Gasteiger partial charge in [0.25, 0.3) is 5.91 Å². The Labute approximate surface area is 115 Å². The summed E-state index contributed by atoms with van der Waals surface area (Å²) >= 11 is 0. The second-order valence-corrected chi connectivity index (χ2v) is 3.88. The van der Waals surface area contributed by atoms with Crippen LogP contribution in [-0.4, -0.2) is 28.6 Å². The van der Waals surface area contributed by atoms with Gasteiger partial charge in [0, 0.05) is 11.9 Å². The fourth-order valence-electron chi connectivity index (χ4n) is 1.47. The molecule has 0 radical (unpaired) electrons. The Morgan fingerprint density at radius 3 is 2.50 bits per heavy atom. The molecule has 0 aliphatic rings. The monoisotopic (exact) mass is 272 g/mol. The van der Waals surface area contributed by atoms with E-state index in [-0.39, 0.29) is 5.91 Å². The normalized spacial score (nSPS) is 9.80. The van der Waals surface area contributed by atoms with Gasteiger partial charge in [-0.05, 0) is 36.4 Å². The third kappa shape index (κ3) is 3.81. The molecule has 0 atom stereocenters. The average Bonchev–Trinajstić information content (AvgIpc) is 2.47. The first-order valence-electron chi connectivity index (χ1n) is 5.82. The maximum atomic E-state index is 11.8. The Balaban J connectivity index is 1.97. The lowest BCUT2D eigenvalue weighted by Crippen LogP contribution is -2.13. The number of anilines is 1. The van der Waals surface area contributed by atoms with Gasteiger partial charge in [-0.25, -0.2) is 4.79 Å². The van der Waals surface area contributed by atoms with Crippen molar-refractivity contribution < 1.29 is 19.4 Å². The Morgan fingerprint density at radius 1 is 1.15 bits per heavy atom. The van der Waals surface area contributed by atoms with E-state index < -0.39 is 12.6 Å². The standard InChI is InChI=1S/C14H12N2O4/c17-13(18)9-20-11-6-4-10(5-7-11)16-14(19)12-3-1-2-8-15-12/h1-8H,9H2,(H,16,19)(H,17,18). The molecule has 0 unspecified atom stereocenters. The predicted molar refractivity (Wildman–Crippen MR) is 71.8 cm³/mol. The minimum Gasteiger partial charge on any atom is -0.482 e. The zero-order valence-corrected chi connectivity index (χ0v) is 10.4. The molecule has 6 nitrogen and oxygen atoms in total. The first kappa shape index (κ1) is 13.5. The van der Waals surface area contributed by atoms with Gasteiger partial charge in [-0.15, -0.1) is 0 Å². The van der Waals surface area contributed by atoms with Crippen LogP contribution in [0.15, 0.2) is 48.7 Å². The van der Waals surface area contributed by atoms with Crippen molar-refractivity contribution in [3.8, 4) is 5.75 Å². The zero-order valence-electron chi connectivity index (χ0n) is 10.4. The van der Waals surface area contributed by atoms with Gasteiger partial charge in [-0.3, -0.25) is 9.78 Å². The van der Waals surface area contributed by atoms with Crippen LogP contribution < -0.4 is 10.1 Å². The Bertz CT molecular complexity index is 596. The molecular weight excluding hydrogens is 260 g/mol. The van der Waals surface area contributed by atoms with E-state index in [1.54, 1.807) is 42.5 Å². The second-order valence-electron chi connectivity index (χ2n) is 3.88. The highest BCUT2D eigenvalue weighted by Crippen LogP contribution is 2.16. The van der Waals surface area contributed by atoms with Crippen LogP contribution in [0.25, 0.3) is 0 Å². The minimum absolute atomic E-state index is 0.315. The average molecular weight is 272 g/mol. The smallest absolute Gasteiger partial charge is 0.341 e. The summed E-state index contributed by atoms with van der Waals surface area (Å²) in [6.07, 6.45) is 1.54. The molecular formula is C14H12N2O4. The molecule has 0 spiro atoms. The van der Waals surface area contributed by atoms with Crippen molar-refractivity contribution in [1.29, 1.82) is 0 Å². The van der Waals surface area contributed by atoms with Crippen molar-refractivity contribution in [2.75, 3.05) is 11.9 Å². The molecule has 1 aromatic heterocycles. The fraction of sp³-hybridized carbons (Fsp3) is 0.0714. The lowest BCUT2D eigenvalue weighted by Gasteiger charge is -2.06. The molecule has 0 aliphatic carbocycles. The molecule has 2 aromatic rings. The van der Waals surface area contributed by atoms with E-state index in [1.165, 1.54) is 6.20 Å². The van der Waals surface area contributed by atoms with Crippen LogP contribution in [0.4, 0.5) is 5.69 Å². The zero-order chi connectivity index (χ0) is 14.4. The number of benzene rings is 1. The number of hydrogen-bond acceptors (Lipinski definition) is 4. The van der Waals surface area contributed by atoms with Gasteiger partial charge in [0.1, 0.15) is 11.4 Å². The summed E-state index contributed by atoms with van der Waals surface area (Å²) in [4.78, 5) is 26.1. The number of rotatable bonds is 5. The molecule has 1 aromatic carbocycles. The second kappa shape index (κ2) is 6.33. The highest BCUT2D eigenvalue weighted by Gasteiger charge is 2.06. The molecule has 0 bridgehead atoms. The van der Waals surface area contributed by atoms with Crippen LogP contribution in [0.1, 0.15) is 10.5 Å². The SMILES string of the molecule is O=C(O)COc1ccc(NC(=O)c2ccccn2)cc1. The largest absolute Gasteiger partial charge is 0.482 e. The summed E-state index contributed by atoms with van der Waals surface area (Å²) in [7, 11) is 0. The van der Waals surface area contributed by atoms with E-state index in [2.05, 4.69) is 10.3 Å². The number of pyridine rings is 1. The number of carbonyl (C=O) groups is 2. The number of nitrogens with zero attached hydrogens (tertiary/aromatic N) is 1. The summed E-state index contributed by atoms with van der Waals surface area (Å²) in [6.45, 7) is -0.403. The summed E-state index contributed by atoms with van der Waals surface area (Å²) in [6, 6.07) is 11.5. The van der Waals surface area contributed by atoms with Crippen LogP contribution in [0.5, 0.6) is 5.75 Å². The molecule has 20 heavy (non-hydrogen) atoms. The molecule has 2 rings (SSSR count). The third-order valence-corrected chi connectivity index (χ3v) is 2.37. The quantitative estimate of drug-likeness (QED) is 0.866. The summed E-state index contributed by atoms with van der Waals surface area (Å²) in [5.74, 6) is -0.939. The number of amides is 1. The van der Waals surface area contributed by atoms with Gasteiger partial charge in [0.2, 0.25) is 0 Å². The number of nitrogens with one attached hydrogen (secondary N) is 1. The molecule has 6 heteroatoms. The van der Waals surface area contributed by atoms with Gasteiger partial charge in [0.15, 0.2) is 6.61 Å². The van der Waals surface area contributed by atoms with Crippen molar-refractivity contribution in [2.24, 2.45) is 0 Å². The van der Waals surface area contributed by atoms with Gasteiger partial charge < -0.3 is 15.2 Å². The van der Waals surface area contributed by atoms with Crippen molar-refractivity contribution in [3.05, 3.63) is 54.4 Å². The van der Waals surface area contributed by atoms with Crippen molar-refractivity contribution in [2.45, 2.75) is 0 Å². The number of carboxylic acid groups (broad SMARTS) is 1. The highest BCUT2D eigenvalue weighted by molar-refractivity contribution is 6.02. The first-order valence-corrected chi connectivity index (χ1v) is 5.82. The summed E-state index contributed by atoms with van der Waals surface area (Å²) in [5, 5.41) is 11.2.